The van der Waals surface area contributed by atoms with Gasteiger partial charge in [-0.3, -0.25) is 4.79 Å². The third-order valence-corrected chi connectivity index (χ3v) is 6.97. The van der Waals surface area contributed by atoms with Gasteiger partial charge in [-0.1, -0.05) is 55.8 Å². The van der Waals surface area contributed by atoms with Crippen LogP contribution in [0.1, 0.15) is 40.4 Å². The molecule has 1 aliphatic rings. The molecule has 1 amide bonds. The van der Waals surface area contributed by atoms with Crippen LogP contribution in [0.5, 0.6) is 0 Å². The van der Waals surface area contributed by atoms with E-state index in [2.05, 4.69) is 11.6 Å². The van der Waals surface area contributed by atoms with Crippen molar-refractivity contribution in [3.8, 4) is 0 Å². The van der Waals surface area contributed by atoms with Gasteiger partial charge in [0.05, 0.1) is 4.90 Å². The Morgan fingerprint density at radius 2 is 1.68 bits per heavy atom. The number of nitrogens with zero attached hydrogens (tertiary/aromatic N) is 1. The lowest BCUT2D eigenvalue weighted by molar-refractivity contribution is 0.0989. The molecule has 4 rings (SSSR count). The van der Waals surface area contributed by atoms with E-state index >= 15 is 0 Å². The third kappa shape index (κ3) is 4.70. The number of benzene rings is 3. The van der Waals surface area contributed by atoms with Crippen molar-refractivity contribution >= 4 is 21.6 Å². The molecule has 0 aromatic heterocycles. The number of rotatable bonds is 7. The van der Waals surface area contributed by atoms with Gasteiger partial charge in [-0.25, -0.2) is 13.1 Å². The first kappa shape index (κ1) is 21.3. The Kier molecular flexibility index (Phi) is 6.20. The van der Waals surface area contributed by atoms with Crippen molar-refractivity contribution in [2.45, 2.75) is 37.6 Å². The molecular weight excluding hydrogens is 408 g/mol. The van der Waals surface area contributed by atoms with Crippen molar-refractivity contribution < 1.29 is 13.2 Å². The molecule has 0 saturated carbocycles. The maximum atomic E-state index is 12.9. The largest absolute Gasteiger partial charge is 0.308 e. The van der Waals surface area contributed by atoms with E-state index < -0.39 is 10.0 Å². The fourth-order valence-corrected chi connectivity index (χ4v) is 4.89. The van der Waals surface area contributed by atoms with Crippen LogP contribution in [0.3, 0.4) is 0 Å². The van der Waals surface area contributed by atoms with Crippen LogP contribution in [0.25, 0.3) is 0 Å². The van der Waals surface area contributed by atoms with Gasteiger partial charge in [-0.15, -0.1) is 0 Å². The van der Waals surface area contributed by atoms with Crippen LogP contribution in [-0.2, 0) is 29.4 Å². The molecule has 3 aromatic rings. The first-order valence-corrected chi connectivity index (χ1v) is 12.0. The molecule has 0 aliphatic carbocycles. The predicted molar refractivity (Wildman–Crippen MR) is 123 cm³/mol. The van der Waals surface area contributed by atoms with E-state index in [4.69, 9.17) is 0 Å². The van der Waals surface area contributed by atoms with Gasteiger partial charge in [0.1, 0.15) is 0 Å². The molecule has 160 valence electrons. The van der Waals surface area contributed by atoms with Gasteiger partial charge in [0.25, 0.3) is 5.91 Å². The number of hydrogen-bond donors (Lipinski definition) is 1. The maximum Gasteiger partial charge on any atom is 0.258 e. The zero-order valence-electron chi connectivity index (χ0n) is 17.5. The second-order valence-electron chi connectivity index (χ2n) is 7.75. The van der Waals surface area contributed by atoms with Gasteiger partial charge in [0.15, 0.2) is 0 Å². The van der Waals surface area contributed by atoms with Gasteiger partial charge in [0.2, 0.25) is 10.0 Å². The number of nitrogens with one attached hydrogen (secondary N) is 1. The monoisotopic (exact) mass is 434 g/mol. The molecule has 3 aromatic carbocycles. The van der Waals surface area contributed by atoms with E-state index in [1.54, 1.807) is 17.0 Å². The topological polar surface area (TPSA) is 66.5 Å². The Morgan fingerprint density at radius 1 is 0.968 bits per heavy atom. The van der Waals surface area contributed by atoms with E-state index in [0.717, 1.165) is 41.6 Å². The number of carbonyl (C=O) groups excluding carboxylic acids is 1. The van der Waals surface area contributed by atoms with Crippen LogP contribution >= 0.6 is 0 Å². The van der Waals surface area contributed by atoms with Gasteiger partial charge >= 0.3 is 0 Å². The second kappa shape index (κ2) is 9.04. The van der Waals surface area contributed by atoms with Crippen molar-refractivity contribution in [3.63, 3.8) is 0 Å². The highest BCUT2D eigenvalue weighted by Gasteiger charge is 2.26. The summed E-state index contributed by atoms with van der Waals surface area (Å²) in [5.41, 5.74) is 4.55. The molecule has 0 saturated heterocycles. The molecule has 0 bridgehead atoms. The molecule has 6 heteroatoms. The van der Waals surface area contributed by atoms with Gasteiger partial charge in [-0.2, -0.15) is 0 Å². The van der Waals surface area contributed by atoms with Gasteiger partial charge in [-0.05, 0) is 59.9 Å². The minimum absolute atomic E-state index is 0.0377. The summed E-state index contributed by atoms with van der Waals surface area (Å²) in [6, 6.07) is 22.0. The fraction of sp³-hybridized carbons (Fsp3) is 0.240. The minimum atomic E-state index is -3.61. The molecule has 0 atom stereocenters. The molecule has 31 heavy (non-hydrogen) atoms. The first-order valence-electron chi connectivity index (χ1n) is 10.6. The minimum Gasteiger partial charge on any atom is -0.308 e. The summed E-state index contributed by atoms with van der Waals surface area (Å²) < 4.78 is 28.1. The lowest BCUT2D eigenvalue weighted by atomic mass is 10.1. The Hall–Kier alpha value is -2.96. The van der Waals surface area contributed by atoms with Crippen LogP contribution < -0.4 is 9.62 Å². The van der Waals surface area contributed by atoms with Crippen molar-refractivity contribution in [2.24, 2.45) is 0 Å². The summed E-state index contributed by atoms with van der Waals surface area (Å²) in [5.74, 6) is -0.0377. The molecular formula is C25H26N2O3S. The molecule has 1 heterocycles. The molecule has 0 unspecified atom stereocenters. The number of aryl methyl sites for hydroxylation is 1. The Bertz CT molecular complexity index is 1170. The number of sulfonamides is 1. The zero-order valence-corrected chi connectivity index (χ0v) is 18.4. The molecule has 5 nitrogen and oxygen atoms in total. The Balaban J connectivity index is 1.49. The van der Waals surface area contributed by atoms with Gasteiger partial charge in [0, 0.05) is 24.3 Å². The number of fused-ring (bicyclic) bond motifs is 1. The summed E-state index contributed by atoms with van der Waals surface area (Å²) in [5, 5.41) is 0. The number of anilines is 1. The summed E-state index contributed by atoms with van der Waals surface area (Å²) in [6.45, 7) is 2.89. The maximum absolute atomic E-state index is 12.9. The third-order valence-electron chi connectivity index (χ3n) is 5.55. The molecule has 1 aliphatic heterocycles. The molecule has 0 spiro atoms. The lowest BCUT2D eigenvalue weighted by Crippen LogP contribution is -2.29. The Morgan fingerprint density at radius 3 is 2.39 bits per heavy atom. The highest BCUT2D eigenvalue weighted by molar-refractivity contribution is 7.89. The highest BCUT2D eigenvalue weighted by atomic mass is 32.2. The quantitative estimate of drug-likeness (QED) is 0.602. The number of hydrogen-bond acceptors (Lipinski definition) is 3. The van der Waals surface area contributed by atoms with E-state index in [-0.39, 0.29) is 17.3 Å². The highest BCUT2D eigenvalue weighted by Crippen LogP contribution is 2.30. The normalized spacial score (nSPS) is 13.3. The van der Waals surface area contributed by atoms with Crippen LogP contribution in [0, 0.1) is 0 Å². The number of carbonyl (C=O) groups is 1. The molecule has 1 N–H and O–H groups in total. The van der Waals surface area contributed by atoms with Crippen molar-refractivity contribution in [2.75, 3.05) is 11.4 Å². The summed E-state index contributed by atoms with van der Waals surface area (Å²) in [7, 11) is -3.61. The summed E-state index contributed by atoms with van der Waals surface area (Å²) >= 11 is 0. The number of amides is 1. The molecule has 0 fully saturated rings. The lowest BCUT2D eigenvalue weighted by Gasteiger charge is -2.18. The fourth-order valence-electron chi connectivity index (χ4n) is 3.87. The average molecular weight is 435 g/mol. The standard InChI is InChI=1S/C25H26N2O3S/c1-2-6-19-10-13-23(14-11-19)31(29,30)26-18-20-9-12-21-15-16-27(24(21)17-20)25(28)22-7-4-3-5-8-22/h3-5,7-14,17,26H,2,6,15-16,18H2,1H3. The predicted octanol–water partition coefficient (Wildman–Crippen LogP) is 4.32. The van der Waals surface area contributed by atoms with Crippen LogP contribution in [-0.4, -0.2) is 20.9 Å². The smallest absolute Gasteiger partial charge is 0.258 e. The first-order chi connectivity index (χ1) is 15.0. The average Bonchev–Trinajstić information content (AvgIpc) is 3.22. The van der Waals surface area contributed by atoms with E-state index in [1.165, 1.54) is 0 Å². The summed E-state index contributed by atoms with van der Waals surface area (Å²) in [4.78, 5) is 14.9. The van der Waals surface area contributed by atoms with E-state index in [9.17, 15) is 13.2 Å². The van der Waals surface area contributed by atoms with Crippen LogP contribution in [0.15, 0.2) is 77.7 Å². The molecule has 0 radical (unpaired) electrons. The van der Waals surface area contributed by atoms with E-state index in [1.807, 2.05) is 60.7 Å². The Labute approximate surface area is 183 Å². The zero-order chi connectivity index (χ0) is 21.8. The van der Waals surface area contributed by atoms with Crippen molar-refractivity contribution in [1.29, 1.82) is 0 Å². The van der Waals surface area contributed by atoms with Crippen LogP contribution in [0.2, 0.25) is 0 Å². The van der Waals surface area contributed by atoms with Crippen molar-refractivity contribution in [3.05, 3.63) is 95.1 Å². The SMILES string of the molecule is CCCc1ccc(S(=O)(=O)NCc2ccc3c(c2)N(C(=O)c2ccccc2)CC3)cc1. The summed E-state index contributed by atoms with van der Waals surface area (Å²) in [6.07, 6.45) is 2.75. The van der Waals surface area contributed by atoms with E-state index in [0.29, 0.717) is 12.1 Å². The van der Waals surface area contributed by atoms with Crippen molar-refractivity contribution in [1.82, 2.24) is 4.72 Å². The van der Waals surface area contributed by atoms with Gasteiger partial charge < -0.3 is 4.90 Å². The second-order valence-corrected chi connectivity index (χ2v) is 9.52. The van der Waals surface area contributed by atoms with Crippen LogP contribution in [0.4, 0.5) is 5.69 Å².